The summed E-state index contributed by atoms with van der Waals surface area (Å²) in [5, 5.41) is 0. The molecule has 0 unspecified atom stereocenters. The fraction of sp³-hybridized carbons (Fsp3) is 0. The number of hydrogen-bond donors (Lipinski definition) is 0. The van der Waals surface area contributed by atoms with Gasteiger partial charge in [0.2, 0.25) is 0 Å². The predicted octanol–water partition coefficient (Wildman–Crippen LogP) is -0.0122. The Morgan fingerprint density at radius 1 is 0.600 bits per heavy atom. The van der Waals surface area contributed by atoms with Crippen LogP contribution in [0.5, 0.6) is 0 Å². The van der Waals surface area contributed by atoms with Gasteiger partial charge >= 0.3 is 17.1 Å². The van der Waals surface area contributed by atoms with Crippen molar-refractivity contribution in [3.8, 4) is 0 Å². The van der Waals surface area contributed by atoms with Crippen LogP contribution < -0.4 is 0 Å². The Hall–Kier alpha value is 2.26. The van der Waals surface area contributed by atoms with E-state index in [1.165, 1.54) is 0 Å². The van der Waals surface area contributed by atoms with Crippen LogP contribution in [0.25, 0.3) is 0 Å². The van der Waals surface area contributed by atoms with Gasteiger partial charge in [0.15, 0.2) is 0 Å². The molecule has 0 aliphatic carbocycles. The van der Waals surface area contributed by atoms with Gasteiger partial charge in [0.25, 0.3) is 0 Å². The van der Waals surface area contributed by atoms with Gasteiger partial charge in [-0.1, -0.05) is 0 Å². The van der Waals surface area contributed by atoms with Gasteiger partial charge in [0, 0.05) is 21.1 Å². The first kappa shape index (κ1) is 55.8. The Morgan fingerprint density at radius 3 is 0.600 bits per heavy atom. The molecule has 0 aliphatic heterocycles. The monoisotopic (exact) mass is 336 g/mol. The molecule has 0 saturated heterocycles. The number of rotatable bonds is 0. The summed E-state index contributed by atoms with van der Waals surface area (Å²) in [6.07, 6.45) is 0. The molecule has 0 radical (unpaired) electrons. The molecule has 0 rings (SSSR count). The van der Waals surface area contributed by atoms with Gasteiger partial charge in [-0.25, -0.2) is 0 Å². The topological polar surface area (TPSA) is 0 Å². The van der Waals surface area contributed by atoms with Gasteiger partial charge in [-0.05, 0) is 0 Å². The van der Waals surface area contributed by atoms with Gasteiger partial charge in [-0.15, -0.1) is 0 Å². The van der Waals surface area contributed by atoms with E-state index in [-0.39, 0.29) is 78.6 Å². The quantitative estimate of drug-likeness (QED) is 0.546. The molecule has 36 valence electrons. The average molecular weight is 336 g/mol. The molecule has 5 heavy (non-hydrogen) atoms. The third kappa shape index (κ3) is 22.3. The van der Waals surface area contributed by atoms with Crippen LogP contribution >= 0.6 is 0 Å². The summed E-state index contributed by atoms with van der Waals surface area (Å²) in [5.74, 6) is 0. The molecule has 0 fully saturated rings. The van der Waals surface area contributed by atoms with Crippen molar-refractivity contribution in [1.82, 2.24) is 0 Å². The molecule has 5 heteroatoms. The van der Waals surface area contributed by atoms with E-state index in [4.69, 9.17) is 0 Å². The van der Waals surface area contributed by atoms with Crippen LogP contribution in [-0.4, -0.2) is 0 Å². The molecule has 0 aromatic rings. The Labute approximate surface area is 77.9 Å². The van der Waals surface area contributed by atoms with E-state index in [2.05, 4.69) is 0 Å². The molecule has 0 nitrogen and oxygen atoms in total. The molecule has 0 atom stereocenters. The van der Waals surface area contributed by atoms with Crippen LogP contribution in [0.4, 0.5) is 0 Å². The van der Waals surface area contributed by atoms with Crippen LogP contribution in [-0.2, 0) is 78.6 Å². The van der Waals surface area contributed by atoms with E-state index in [9.17, 15) is 0 Å². The second-order valence-corrected chi connectivity index (χ2v) is 0. The SMILES string of the molecule is [Fe+2].[S-2].[S-2].[S-2].[W]. The summed E-state index contributed by atoms with van der Waals surface area (Å²) in [5.41, 5.74) is 0. The second kappa shape index (κ2) is 33.9. The van der Waals surface area contributed by atoms with Crippen molar-refractivity contribution >= 4 is 40.5 Å². The zero-order valence-corrected chi connectivity index (χ0v) is 8.47. The molecule has 0 heterocycles. The first-order valence-electron chi connectivity index (χ1n) is 0. The standard InChI is InChI=1S/Fe.3S.W/q+2;3*-2;. The van der Waals surface area contributed by atoms with Gasteiger partial charge in [-0.2, -0.15) is 0 Å². The van der Waals surface area contributed by atoms with Gasteiger partial charge < -0.3 is 40.5 Å². The summed E-state index contributed by atoms with van der Waals surface area (Å²) in [6.45, 7) is 0. The normalized spacial score (nSPS) is 0. The molecule has 0 spiro atoms. The van der Waals surface area contributed by atoms with Crippen LogP contribution in [0.2, 0.25) is 0 Å². The zero-order chi connectivity index (χ0) is 0. The first-order valence-corrected chi connectivity index (χ1v) is 0. The van der Waals surface area contributed by atoms with Gasteiger partial charge in [0.1, 0.15) is 0 Å². The molecule has 0 aromatic carbocycles. The average Bonchev–Trinajstić information content (AvgIpc) is 0. The summed E-state index contributed by atoms with van der Waals surface area (Å²) >= 11 is 0. The van der Waals surface area contributed by atoms with Crippen LogP contribution in [0.15, 0.2) is 0 Å². The van der Waals surface area contributed by atoms with Crippen molar-refractivity contribution in [1.29, 1.82) is 0 Å². The minimum Gasteiger partial charge on any atom is -2.00 e. The zero-order valence-electron chi connectivity index (χ0n) is 1.99. The predicted molar refractivity (Wildman–Crippen MR) is 22.1 cm³/mol. The van der Waals surface area contributed by atoms with Crippen molar-refractivity contribution in [2.45, 2.75) is 0 Å². The third-order valence-corrected chi connectivity index (χ3v) is 0. The Bertz CT molecular complexity index is 6.85. The maximum atomic E-state index is 0. The van der Waals surface area contributed by atoms with Crippen LogP contribution in [0, 0.1) is 0 Å². The minimum absolute atomic E-state index is 0. The molecule has 0 aliphatic rings. The van der Waals surface area contributed by atoms with Gasteiger partial charge in [0.05, 0.1) is 0 Å². The Morgan fingerprint density at radius 2 is 0.600 bits per heavy atom. The Kier molecular flexibility index (Phi) is 378. The fourth-order valence-electron chi connectivity index (χ4n) is 0. The summed E-state index contributed by atoms with van der Waals surface area (Å²) in [7, 11) is 0. The van der Waals surface area contributed by atoms with E-state index >= 15 is 0 Å². The maximum absolute atomic E-state index is 0. The van der Waals surface area contributed by atoms with Crippen LogP contribution in [0.1, 0.15) is 0 Å². The van der Waals surface area contributed by atoms with E-state index < -0.39 is 0 Å². The van der Waals surface area contributed by atoms with Crippen LogP contribution in [0.3, 0.4) is 0 Å². The van der Waals surface area contributed by atoms with E-state index in [0.29, 0.717) is 0 Å². The Balaban J connectivity index is 0. The summed E-state index contributed by atoms with van der Waals surface area (Å²) in [6, 6.07) is 0. The fourth-order valence-corrected chi connectivity index (χ4v) is 0. The molecule has 0 saturated carbocycles. The molecule has 0 N–H and O–H groups in total. The second-order valence-electron chi connectivity index (χ2n) is 0. The van der Waals surface area contributed by atoms with Crippen molar-refractivity contribution in [3.05, 3.63) is 0 Å². The van der Waals surface area contributed by atoms with E-state index in [1.807, 2.05) is 0 Å². The largest absolute Gasteiger partial charge is 2.00 e. The number of hydrogen-bond acceptors (Lipinski definition) is 0. The van der Waals surface area contributed by atoms with E-state index in [0.717, 1.165) is 0 Å². The maximum Gasteiger partial charge on any atom is 2.00 e. The first-order chi connectivity index (χ1) is 0. The smallest absolute Gasteiger partial charge is 2.00 e. The van der Waals surface area contributed by atoms with E-state index in [1.54, 1.807) is 0 Å². The molecule has 0 aromatic heterocycles. The van der Waals surface area contributed by atoms with Crippen molar-refractivity contribution in [3.63, 3.8) is 0 Å². The van der Waals surface area contributed by atoms with Crippen molar-refractivity contribution < 1.29 is 38.1 Å². The third-order valence-electron chi connectivity index (χ3n) is 0. The molecule has 0 bridgehead atoms. The molecular weight excluding hydrogens is 336 g/mol. The van der Waals surface area contributed by atoms with Crippen molar-refractivity contribution in [2.75, 3.05) is 0 Å². The summed E-state index contributed by atoms with van der Waals surface area (Å²) < 4.78 is 0. The van der Waals surface area contributed by atoms with Gasteiger partial charge in [-0.3, -0.25) is 0 Å². The summed E-state index contributed by atoms with van der Waals surface area (Å²) in [4.78, 5) is 0. The molecule has 0 amide bonds. The minimum atomic E-state index is 0. The van der Waals surface area contributed by atoms with Crippen molar-refractivity contribution in [2.24, 2.45) is 0 Å². The molecular formula is FeS3W-4.